The number of hydrogen-bond donors (Lipinski definition) is 2. The average molecular weight is 412 g/mol. The molecule has 7 heteroatoms. The average Bonchev–Trinajstić information content (AvgIpc) is 2.81. The van der Waals surface area contributed by atoms with E-state index >= 15 is 0 Å². The minimum Gasteiger partial charge on any atom is -0.369 e. The minimum atomic E-state index is -0.116. The van der Waals surface area contributed by atoms with Crippen LogP contribution in [-0.4, -0.2) is 39.4 Å². The van der Waals surface area contributed by atoms with Crippen LogP contribution >= 0.6 is 0 Å². The number of aromatic nitrogens is 4. The van der Waals surface area contributed by atoms with Crippen LogP contribution in [0.15, 0.2) is 61.3 Å². The highest BCUT2D eigenvalue weighted by molar-refractivity contribution is 6.06. The highest BCUT2D eigenvalue weighted by atomic mass is 16.1. The van der Waals surface area contributed by atoms with E-state index in [0.717, 1.165) is 39.1 Å². The predicted molar refractivity (Wildman–Crippen MR) is 122 cm³/mol. The molecule has 0 fully saturated rings. The minimum absolute atomic E-state index is 0.116. The Morgan fingerprint density at radius 2 is 1.97 bits per heavy atom. The van der Waals surface area contributed by atoms with Gasteiger partial charge in [0.2, 0.25) is 0 Å². The second-order valence-corrected chi connectivity index (χ2v) is 7.50. The summed E-state index contributed by atoms with van der Waals surface area (Å²) < 4.78 is 0. The molecule has 0 saturated heterocycles. The van der Waals surface area contributed by atoms with Crippen LogP contribution in [-0.2, 0) is 0 Å². The molecule has 0 aliphatic carbocycles. The molecule has 1 aromatic carbocycles. The first kappa shape index (κ1) is 20.4. The summed E-state index contributed by atoms with van der Waals surface area (Å²) >= 11 is 0. The van der Waals surface area contributed by atoms with E-state index in [4.69, 9.17) is 0 Å². The van der Waals surface area contributed by atoms with Gasteiger partial charge >= 0.3 is 0 Å². The maximum absolute atomic E-state index is 12.2. The monoisotopic (exact) mass is 412 g/mol. The lowest BCUT2D eigenvalue weighted by Crippen LogP contribution is -2.18. The Bertz CT molecular complexity index is 1240. The summed E-state index contributed by atoms with van der Waals surface area (Å²) in [7, 11) is 1.63. The van der Waals surface area contributed by atoms with Crippen molar-refractivity contribution in [3.63, 3.8) is 0 Å². The molecule has 3 aromatic heterocycles. The Morgan fingerprint density at radius 3 is 2.77 bits per heavy atom. The molecule has 0 aliphatic heterocycles. The van der Waals surface area contributed by atoms with E-state index < -0.39 is 0 Å². The lowest BCUT2D eigenvalue weighted by molar-refractivity contribution is 0.0964. The van der Waals surface area contributed by atoms with Crippen molar-refractivity contribution in [1.29, 1.82) is 0 Å². The summed E-state index contributed by atoms with van der Waals surface area (Å²) in [5.41, 5.74) is 5.41. The third kappa shape index (κ3) is 4.35. The van der Waals surface area contributed by atoms with Gasteiger partial charge in [-0.25, -0.2) is 9.97 Å². The summed E-state index contributed by atoms with van der Waals surface area (Å²) in [5.74, 6) is 0.780. The van der Waals surface area contributed by atoms with Crippen LogP contribution < -0.4 is 10.6 Å². The Hall–Kier alpha value is -3.87. The molecule has 4 aromatic rings. The fraction of sp³-hybridized carbons (Fsp3) is 0.208. The lowest BCUT2D eigenvalue weighted by Gasteiger charge is -2.16. The number of pyridine rings is 2. The molecular weight excluding hydrogens is 388 g/mol. The van der Waals surface area contributed by atoms with Crippen LogP contribution in [0.5, 0.6) is 0 Å². The second-order valence-electron chi connectivity index (χ2n) is 7.50. The van der Waals surface area contributed by atoms with Crippen molar-refractivity contribution in [3.05, 3.63) is 78.0 Å². The standard InChI is InChI=1S/C24H24N6O/c1-15-9-17(13-26-11-15)21-10-22(30-14-29-21)28-12-16(2)18-5-4-6-19-20(24(31)25-3)7-8-27-23(18)19/h4-11,13-14,16H,12H2,1-3H3,(H,25,31)(H,28,29,30)/t16-/m1/s1. The van der Waals surface area contributed by atoms with Gasteiger partial charge in [-0.1, -0.05) is 25.1 Å². The number of carbonyl (C=O) groups is 1. The third-order valence-corrected chi connectivity index (χ3v) is 5.23. The molecule has 31 heavy (non-hydrogen) atoms. The Kier molecular flexibility index (Phi) is 5.84. The van der Waals surface area contributed by atoms with Gasteiger partial charge < -0.3 is 10.6 Å². The van der Waals surface area contributed by atoms with Crippen LogP contribution in [0.25, 0.3) is 22.2 Å². The Morgan fingerprint density at radius 1 is 1.10 bits per heavy atom. The number of nitrogens with zero attached hydrogens (tertiary/aromatic N) is 4. The van der Waals surface area contributed by atoms with Crippen molar-refractivity contribution in [2.24, 2.45) is 0 Å². The van der Waals surface area contributed by atoms with Crippen LogP contribution in [0.1, 0.15) is 34.3 Å². The maximum Gasteiger partial charge on any atom is 0.251 e. The number of benzene rings is 1. The molecule has 0 saturated carbocycles. The van der Waals surface area contributed by atoms with Gasteiger partial charge in [0.25, 0.3) is 5.91 Å². The van der Waals surface area contributed by atoms with Gasteiger partial charge in [0.15, 0.2) is 0 Å². The fourth-order valence-corrected chi connectivity index (χ4v) is 3.60. The molecule has 0 unspecified atom stereocenters. The molecule has 3 heterocycles. The summed E-state index contributed by atoms with van der Waals surface area (Å²) in [6.45, 7) is 4.79. The van der Waals surface area contributed by atoms with Gasteiger partial charge in [0, 0.05) is 55.1 Å². The highest BCUT2D eigenvalue weighted by Gasteiger charge is 2.15. The van der Waals surface area contributed by atoms with Gasteiger partial charge in [-0.3, -0.25) is 14.8 Å². The molecule has 1 amide bonds. The van der Waals surface area contributed by atoms with Gasteiger partial charge in [-0.2, -0.15) is 0 Å². The number of amides is 1. The summed E-state index contributed by atoms with van der Waals surface area (Å²) in [4.78, 5) is 29.7. The normalized spacial score (nSPS) is 11.8. The van der Waals surface area contributed by atoms with E-state index in [1.807, 2.05) is 37.4 Å². The zero-order chi connectivity index (χ0) is 21.8. The van der Waals surface area contributed by atoms with E-state index in [-0.39, 0.29) is 11.8 Å². The van der Waals surface area contributed by atoms with Gasteiger partial charge in [0.05, 0.1) is 16.8 Å². The van der Waals surface area contributed by atoms with Crippen molar-refractivity contribution in [2.75, 3.05) is 18.9 Å². The van der Waals surface area contributed by atoms with Gasteiger partial charge in [-0.15, -0.1) is 0 Å². The molecule has 0 spiro atoms. The number of rotatable bonds is 6. The van der Waals surface area contributed by atoms with E-state index in [1.165, 1.54) is 0 Å². The van der Waals surface area contributed by atoms with Crippen LogP contribution in [0.3, 0.4) is 0 Å². The van der Waals surface area contributed by atoms with E-state index in [2.05, 4.69) is 43.6 Å². The van der Waals surface area contributed by atoms with Gasteiger partial charge in [0.1, 0.15) is 12.1 Å². The predicted octanol–water partition coefficient (Wildman–Crippen LogP) is 3.97. The number of anilines is 1. The summed E-state index contributed by atoms with van der Waals surface area (Å²) in [6.07, 6.45) is 6.86. The van der Waals surface area contributed by atoms with E-state index in [9.17, 15) is 4.79 Å². The second kappa shape index (κ2) is 8.87. The molecule has 2 N–H and O–H groups in total. The van der Waals surface area contributed by atoms with Crippen LogP contribution in [0.4, 0.5) is 5.82 Å². The number of fused-ring (bicyclic) bond motifs is 1. The zero-order valence-corrected chi connectivity index (χ0v) is 17.8. The lowest BCUT2D eigenvalue weighted by atomic mass is 9.96. The summed E-state index contributed by atoms with van der Waals surface area (Å²) in [5, 5.41) is 6.95. The molecule has 156 valence electrons. The van der Waals surface area contributed by atoms with E-state index in [0.29, 0.717) is 12.1 Å². The fourth-order valence-electron chi connectivity index (χ4n) is 3.60. The van der Waals surface area contributed by atoms with Crippen molar-refractivity contribution in [1.82, 2.24) is 25.3 Å². The molecular formula is C24H24N6O. The first-order valence-corrected chi connectivity index (χ1v) is 10.1. The number of hydrogen-bond acceptors (Lipinski definition) is 6. The summed E-state index contributed by atoms with van der Waals surface area (Å²) in [6, 6.07) is 11.7. The number of para-hydroxylation sites is 1. The first-order valence-electron chi connectivity index (χ1n) is 10.1. The largest absolute Gasteiger partial charge is 0.369 e. The smallest absolute Gasteiger partial charge is 0.251 e. The third-order valence-electron chi connectivity index (χ3n) is 5.23. The maximum atomic E-state index is 12.2. The topological polar surface area (TPSA) is 92.7 Å². The van der Waals surface area contributed by atoms with Crippen molar-refractivity contribution < 1.29 is 4.79 Å². The SMILES string of the molecule is CNC(=O)c1ccnc2c([C@H](C)CNc3cc(-c4cncc(C)c4)ncn3)cccc12. The quantitative estimate of drug-likeness (QED) is 0.498. The number of nitrogens with one attached hydrogen (secondary N) is 2. The number of aryl methyl sites for hydroxylation is 1. The molecule has 1 atom stereocenters. The molecule has 0 bridgehead atoms. The van der Waals surface area contributed by atoms with Crippen molar-refractivity contribution in [3.8, 4) is 11.3 Å². The van der Waals surface area contributed by atoms with Crippen LogP contribution in [0.2, 0.25) is 0 Å². The van der Waals surface area contributed by atoms with E-state index in [1.54, 1.807) is 31.8 Å². The van der Waals surface area contributed by atoms with Crippen LogP contribution in [0, 0.1) is 6.92 Å². The van der Waals surface area contributed by atoms with Crippen molar-refractivity contribution in [2.45, 2.75) is 19.8 Å². The number of carbonyl (C=O) groups excluding carboxylic acids is 1. The molecule has 0 radical (unpaired) electrons. The Labute approximate surface area is 181 Å². The molecule has 0 aliphatic rings. The van der Waals surface area contributed by atoms with Gasteiger partial charge in [-0.05, 0) is 30.2 Å². The Balaban J connectivity index is 1.56. The first-order chi connectivity index (χ1) is 15.1. The van der Waals surface area contributed by atoms with Crippen molar-refractivity contribution >= 4 is 22.6 Å². The highest BCUT2D eigenvalue weighted by Crippen LogP contribution is 2.27. The molecule has 7 nitrogen and oxygen atoms in total. The molecule has 4 rings (SSSR count). The zero-order valence-electron chi connectivity index (χ0n) is 17.8.